The van der Waals surface area contributed by atoms with E-state index in [9.17, 15) is 29.4 Å². The molecule has 6 atom stereocenters. The van der Waals surface area contributed by atoms with E-state index in [2.05, 4.69) is 34.4 Å². The van der Waals surface area contributed by atoms with Gasteiger partial charge in [0.1, 0.15) is 0 Å². The average molecular weight is 595 g/mol. The quantitative estimate of drug-likeness (QED) is 0.221. The van der Waals surface area contributed by atoms with Gasteiger partial charge in [-0.3, -0.25) is 19.2 Å². The lowest BCUT2D eigenvalue weighted by molar-refractivity contribution is -0.138. The highest BCUT2D eigenvalue weighted by Gasteiger charge is 2.39. The Kier molecular flexibility index (Phi) is 9.87. The number of hydrogen-bond acceptors (Lipinski definition) is 4. The van der Waals surface area contributed by atoms with E-state index in [4.69, 9.17) is 0 Å². The van der Waals surface area contributed by atoms with Crippen molar-refractivity contribution in [3.8, 4) is 0 Å². The Hall–Kier alpha value is -3.82. The number of carbonyl (C=O) groups is 4. The predicted octanol–water partition coefficient (Wildman–Crippen LogP) is 2.47. The van der Waals surface area contributed by atoms with Crippen LogP contribution in [0.4, 0.5) is 0 Å². The van der Waals surface area contributed by atoms with Gasteiger partial charge in [0.15, 0.2) is 0 Å². The number of aromatic amines is 2. The molecular weight excluding hydrogens is 548 g/mol. The summed E-state index contributed by atoms with van der Waals surface area (Å²) in [7, 11) is 0. The van der Waals surface area contributed by atoms with E-state index in [1.54, 1.807) is 0 Å². The maximum Gasteiger partial charge on any atom is 0.303 e. The molecule has 2 fully saturated rings. The van der Waals surface area contributed by atoms with Crippen molar-refractivity contribution in [1.82, 2.24) is 20.6 Å². The minimum Gasteiger partial charge on any atom is -0.481 e. The van der Waals surface area contributed by atoms with E-state index in [0.717, 1.165) is 57.2 Å². The Morgan fingerprint density at radius 1 is 0.837 bits per heavy atom. The van der Waals surface area contributed by atoms with Crippen LogP contribution in [0.1, 0.15) is 87.0 Å². The molecule has 6 unspecified atom stereocenters. The summed E-state index contributed by atoms with van der Waals surface area (Å²) in [6.07, 6.45) is 6.83. The molecule has 234 valence electrons. The fraction of sp³-hybridized carbons (Fsp3) is 0.576. The number of H-pyrrole nitrogens is 2. The first-order valence-electron chi connectivity index (χ1n) is 15.5. The van der Waals surface area contributed by atoms with E-state index >= 15 is 0 Å². The molecule has 0 aliphatic carbocycles. The first-order valence-corrected chi connectivity index (χ1v) is 15.5. The first-order chi connectivity index (χ1) is 20.4. The van der Waals surface area contributed by atoms with Crippen molar-refractivity contribution in [3.05, 3.63) is 44.3 Å². The third-order valence-corrected chi connectivity index (χ3v) is 9.86. The number of rotatable bonds is 12. The summed E-state index contributed by atoms with van der Waals surface area (Å²) in [5.74, 6) is -1.44. The Morgan fingerprint density at radius 3 is 2.07 bits per heavy atom. The molecule has 0 aromatic carbocycles. The van der Waals surface area contributed by atoms with Crippen LogP contribution in [0, 0.1) is 37.5 Å². The van der Waals surface area contributed by atoms with Crippen LogP contribution in [0.2, 0.25) is 0 Å². The van der Waals surface area contributed by atoms with Gasteiger partial charge in [0, 0.05) is 59.2 Å². The zero-order valence-corrected chi connectivity index (χ0v) is 26.1. The second-order valence-electron chi connectivity index (χ2n) is 12.4. The van der Waals surface area contributed by atoms with E-state index in [0.29, 0.717) is 19.3 Å². The molecule has 2 aromatic rings. The normalized spacial score (nSPS) is 26.3. The molecule has 0 radical (unpaired) electrons. The Balaban J connectivity index is 1.81. The largest absolute Gasteiger partial charge is 0.481 e. The fourth-order valence-electron chi connectivity index (χ4n) is 7.11. The second kappa shape index (κ2) is 13.2. The van der Waals surface area contributed by atoms with Crippen LogP contribution < -0.4 is 21.3 Å². The van der Waals surface area contributed by atoms with E-state index in [1.165, 1.54) is 0 Å². The molecule has 43 heavy (non-hydrogen) atoms. The second-order valence-corrected chi connectivity index (χ2v) is 12.4. The number of aromatic nitrogens is 2. The molecule has 2 amide bonds. The van der Waals surface area contributed by atoms with E-state index < -0.39 is 11.9 Å². The van der Waals surface area contributed by atoms with E-state index in [-0.39, 0.29) is 60.4 Å². The molecular formula is C33H46N4O6. The molecule has 10 nitrogen and oxygen atoms in total. The van der Waals surface area contributed by atoms with Crippen LogP contribution in [0.3, 0.4) is 0 Å². The van der Waals surface area contributed by atoms with Crippen LogP contribution in [-0.4, -0.2) is 56.0 Å². The van der Waals surface area contributed by atoms with Crippen molar-refractivity contribution in [1.29, 1.82) is 0 Å². The summed E-state index contributed by atoms with van der Waals surface area (Å²) in [5.41, 5.74) is 5.41. The summed E-state index contributed by atoms with van der Waals surface area (Å²) in [6.45, 7) is 12.1. The maximum atomic E-state index is 12.5. The first kappa shape index (κ1) is 32.1. The summed E-state index contributed by atoms with van der Waals surface area (Å²) < 4.78 is 0. The lowest BCUT2D eigenvalue weighted by Crippen LogP contribution is -2.31. The molecule has 6 N–H and O–H groups in total. The monoisotopic (exact) mass is 594 g/mol. The smallest absolute Gasteiger partial charge is 0.303 e. The van der Waals surface area contributed by atoms with Crippen LogP contribution in [0.5, 0.6) is 0 Å². The van der Waals surface area contributed by atoms with Crippen molar-refractivity contribution in [2.24, 2.45) is 23.7 Å². The van der Waals surface area contributed by atoms with Gasteiger partial charge in [0.25, 0.3) is 0 Å². The van der Waals surface area contributed by atoms with Crippen LogP contribution in [0.15, 0.2) is 0 Å². The molecule has 2 aliphatic heterocycles. The molecule has 2 aromatic heterocycles. The minimum atomic E-state index is -0.891. The Labute approximate surface area is 252 Å². The molecule has 4 rings (SSSR count). The molecule has 10 heteroatoms. The number of aliphatic carboxylic acids is 2. The summed E-state index contributed by atoms with van der Waals surface area (Å²) in [4.78, 5) is 55.0. The van der Waals surface area contributed by atoms with Gasteiger partial charge in [-0.2, -0.15) is 0 Å². The van der Waals surface area contributed by atoms with Gasteiger partial charge in [0.05, 0.1) is 6.04 Å². The number of carbonyl (C=O) groups excluding carboxylic acids is 2. The van der Waals surface area contributed by atoms with E-state index in [1.807, 2.05) is 39.8 Å². The standard InChI is InChI=1S/C33H46N4O6/c1-7-20-19(6)32(42)37-27(20)14-25-18(5)23(10-12-31(40)41)29(35-25)15-28-22(9-11-30(38)39)17(4)24(34-28)13-26-16(3)21(8-2)33(43)36-26/h13,15-16,19-21,26-27,34-35H,7-12,14H2,1-6H3,(H,36,43)(H,37,42)(H,38,39)(H,40,41). The van der Waals surface area contributed by atoms with Crippen LogP contribution in [-0.2, 0) is 38.4 Å². The molecule has 2 aliphatic rings. The van der Waals surface area contributed by atoms with Crippen molar-refractivity contribution in [2.45, 2.75) is 98.6 Å². The Bertz CT molecular complexity index is 1520. The van der Waals surface area contributed by atoms with Gasteiger partial charge in [-0.05, 0) is 79.4 Å². The summed E-state index contributed by atoms with van der Waals surface area (Å²) >= 11 is 0. The SMILES string of the molecule is CCC1C(=O)NC(C=c2[nH]c(=Cc3[nH]c(CC4NC(=O)C(C)C4CC)c(C)c3CCC(=O)O)c(CCC(=O)O)c2C)C1C. The van der Waals surface area contributed by atoms with Gasteiger partial charge in [-0.25, -0.2) is 0 Å². The van der Waals surface area contributed by atoms with Crippen molar-refractivity contribution in [3.63, 3.8) is 0 Å². The number of nitrogens with one attached hydrogen (secondary N) is 4. The molecule has 0 saturated carbocycles. The number of carboxylic acid groups (broad SMARTS) is 2. The van der Waals surface area contributed by atoms with Crippen LogP contribution >= 0.6 is 0 Å². The fourth-order valence-corrected chi connectivity index (χ4v) is 7.11. The summed E-state index contributed by atoms with van der Waals surface area (Å²) in [6, 6.07) is -0.156. The average Bonchev–Trinajstić information content (AvgIpc) is 3.59. The number of hydrogen-bond donors (Lipinski definition) is 6. The zero-order valence-electron chi connectivity index (χ0n) is 26.1. The third-order valence-electron chi connectivity index (χ3n) is 9.86. The van der Waals surface area contributed by atoms with Gasteiger partial charge < -0.3 is 30.8 Å². The molecule has 0 bridgehead atoms. The third kappa shape index (κ3) is 6.73. The van der Waals surface area contributed by atoms with Gasteiger partial charge in [0.2, 0.25) is 11.8 Å². The Morgan fingerprint density at radius 2 is 1.49 bits per heavy atom. The number of carboxylic acids is 2. The highest BCUT2D eigenvalue weighted by molar-refractivity contribution is 5.83. The predicted molar refractivity (Wildman–Crippen MR) is 164 cm³/mol. The molecule has 0 spiro atoms. The van der Waals surface area contributed by atoms with Gasteiger partial charge in [-0.15, -0.1) is 0 Å². The summed E-state index contributed by atoms with van der Waals surface area (Å²) in [5, 5.41) is 26.8. The van der Waals surface area contributed by atoms with Gasteiger partial charge in [-0.1, -0.05) is 34.1 Å². The lowest BCUT2D eigenvalue weighted by atomic mass is 9.87. The van der Waals surface area contributed by atoms with Crippen LogP contribution in [0.25, 0.3) is 12.2 Å². The minimum absolute atomic E-state index is 0.0133. The van der Waals surface area contributed by atoms with Crippen molar-refractivity contribution < 1.29 is 29.4 Å². The topological polar surface area (TPSA) is 164 Å². The lowest BCUT2D eigenvalue weighted by Gasteiger charge is -2.19. The van der Waals surface area contributed by atoms with Crippen molar-refractivity contribution >= 4 is 35.9 Å². The van der Waals surface area contributed by atoms with Crippen molar-refractivity contribution in [2.75, 3.05) is 0 Å². The number of amides is 2. The van der Waals surface area contributed by atoms with Gasteiger partial charge >= 0.3 is 11.9 Å². The highest BCUT2D eigenvalue weighted by Crippen LogP contribution is 2.31. The molecule has 2 saturated heterocycles. The molecule has 4 heterocycles. The maximum absolute atomic E-state index is 12.5. The highest BCUT2D eigenvalue weighted by atomic mass is 16.4. The zero-order chi connectivity index (χ0) is 31.6.